The minimum absolute atomic E-state index is 0.434. The van der Waals surface area contributed by atoms with E-state index in [2.05, 4.69) is 51.7 Å². The van der Waals surface area contributed by atoms with E-state index in [-0.39, 0.29) is 0 Å². The number of aryl methyl sites for hydroxylation is 1. The van der Waals surface area contributed by atoms with Crippen LogP contribution >= 0.6 is 0 Å². The maximum atomic E-state index is 4.03. The van der Waals surface area contributed by atoms with Crippen LogP contribution in [0.4, 0.5) is 0 Å². The molecule has 4 nitrogen and oxygen atoms in total. The van der Waals surface area contributed by atoms with Crippen LogP contribution in [0.15, 0.2) is 37.1 Å². The maximum Gasteiger partial charge on any atom is 0.0946 e. The molecule has 0 saturated heterocycles. The van der Waals surface area contributed by atoms with Crippen LogP contribution in [-0.4, -0.2) is 20.2 Å². The molecule has 0 aliphatic heterocycles. The molecule has 16 heavy (non-hydrogen) atoms. The molecular weight excluding hydrogens is 200 g/mol. The molecule has 0 saturated carbocycles. The molecule has 0 fully saturated rings. The zero-order valence-corrected chi connectivity index (χ0v) is 9.80. The largest absolute Gasteiger partial charge is 0.353 e. The highest BCUT2D eigenvalue weighted by Crippen LogP contribution is 2.00. The molecule has 0 aliphatic carbocycles. The summed E-state index contributed by atoms with van der Waals surface area (Å²) in [5, 5.41) is 3.49. The smallest absolute Gasteiger partial charge is 0.0946 e. The number of imidazole rings is 1. The van der Waals surface area contributed by atoms with Gasteiger partial charge in [-0.2, -0.15) is 0 Å². The molecular formula is C12H18N4. The van der Waals surface area contributed by atoms with Crippen LogP contribution in [0.1, 0.15) is 12.6 Å². The molecule has 0 radical (unpaired) electrons. The second-order valence-corrected chi connectivity index (χ2v) is 4.15. The van der Waals surface area contributed by atoms with Gasteiger partial charge in [-0.25, -0.2) is 4.98 Å². The SMILES string of the molecule is C[C@@H](Cn1ccnc1)NCc1cccn1C. The van der Waals surface area contributed by atoms with Crippen molar-refractivity contribution in [3.63, 3.8) is 0 Å². The van der Waals surface area contributed by atoms with Gasteiger partial charge in [-0.05, 0) is 19.1 Å². The normalized spacial score (nSPS) is 12.9. The van der Waals surface area contributed by atoms with Crippen LogP contribution in [0, 0.1) is 0 Å². The second-order valence-electron chi connectivity index (χ2n) is 4.15. The van der Waals surface area contributed by atoms with E-state index in [1.54, 1.807) is 0 Å². The van der Waals surface area contributed by atoms with Crippen molar-refractivity contribution in [2.24, 2.45) is 7.05 Å². The summed E-state index contributed by atoms with van der Waals surface area (Å²) < 4.78 is 4.22. The topological polar surface area (TPSA) is 34.8 Å². The molecule has 4 heteroatoms. The van der Waals surface area contributed by atoms with Gasteiger partial charge in [0.2, 0.25) is 0 Å². The fourth-order valence-electron chi connectivity index (χ4n) is 1.73. The standard InChI is InChI=1S/C12H18N4/c1-11(9-16-7-5-13-10-16)14-8-12-4-3-6-15(12)2/h3-7,10-11,14H,8-9H2,1-2H3/t11-/m0/s1. The summed E-state index contributed by atoms with van der Waals surface area (Å²) in [7, 11) is 2.07. The van der Waals surface area contributed by atoms with E-state index < -0.39 is 0 Å². The van der Waals surface area contributed by atoms with E-state index in [0.717, 1.165) is 13.1 Å². The number of aromatic nitrogens is 3. The summed E-state index contributed by atoms with van der Waals surface area (Å²) in [4.78, 5) is 4.03. The van der Waals surface area contributed by atoms with Gasteiger partial charge in [0, 0.05) is 50.5 Å². The molecule has 0 bridgehead atoms. The van der Waals surface area contributed by atoms with Crippen molar-refractivity contribution in [1.29, 1.82) is 0 Å². The quantitative estimate of drug-likeness (QED) is 0.823. The van der Waals surface area contributed by atoms with Gasteiger partial charge >= 0.3 is 0 Å². The van der Waals surface area contributed by atoms with Gasteiger partial charge in [-0.1, -0.05) is 0 Å². The molecule has 0 aromatic carbocycles. The first-order valence-corrected chi connectivity index (χ1v) is 5.55. The Balaban J connectivity index is 1.80. The van der Waals surface area contributed by atoms with Crippen LogP contribution < -0.4 is 5.32 Å². The van der Waals surface area contributed by atoms with Gasteiger partial charge in [0.1, 0.15) is 0 Å². The van der Waals surface area contributed by atoms with Crippen LogP contribution in [0.3, 0.4) is 0 Å². The third-order valence-corrected chi connectivity index (χ3v) is 2.73. The van der Waals surface area contributed by atoms with E-state index in [1.807, 2.05) is 18.7 Å². The van der Waals surface area contributed by atoms with Crippen molar-refractivity contribution >= 4 is 0 Å². The molecule has 2 aromatic rings. The summed E-state index contributed by atoms with van der Waals surface area (Å²) in [6, 6.07) is 4.64. The van der Waals surface area contributed by atoms with E-state index >= 15 is 0 Å². The highest BCUT2D eigenvalue weighted by atomic mass is 15.1. The van der Waals surface area contributed by atoms with Crippen molar-refractivity contribution in [3.05, 3.63) is 42.7 Å². The lowest BCUT2D eigenvalue weighted by Gasteiger charge is -2.14. The maximum absolute atomic E-state index is 4.03. The lowest BCUT2D eigenvalue weighted by molar-refractivity contribution is 0.469. The number of rotatable bonds is 5. The van der Waals surface area contributed by atoms with Crippen molar-refractivity contribution in [2.45, 2.75) is 26.1 Å². The molecule has 86 valence electrons. The first-order chi connectivity index (χ1) is 7.75. The molecule has 0 spiro atoms. The molecule has 1 N–H and O–H groups in total. The van der Waals surface area contributed by atoms with Gasteiger partial charge in [0.25, 0.3) is 0 Å². The van der Waals surface area contributed by atoms with E-state index in [1.165, 1.54) is 5.69 Å². The zero-order chi connectivity index (χ0) is 11.4. The fourth-order valence-corrected chi connectivity index (χ4v) is 1.73. The van der Waals surface area contributed by atoms with Crippen LogP contribution in [0.5, 0.6) is 0 Å². The van der Waals surface area contributed by atoms with Crippen molar-refractivity contribution in [3.8, 4) is 0 Å². The highest BCUT2D eigenvalue weighted by molar-refractivity contribution is 5.06. The van der Waals surface area contributed by atoms with Crippen molar-refractivity contribution in [1.82, 2.24) is 19.4 Å². The molecule has 0 amide bonds. The summed E-state index contributed by atoms with van der Waals surface area (Å²) >= 11 is 0. The summed E-state index contributed by atoms with van der Waals surface area (Å²) in [5.41, 5.74) is 1.30. The first-order valence-electron chi connectivity index (χ1n) is 5.55. The fraction of sp³-hybridized carbons (Fsp3) is 0.417. The summed E-state index contributed by atoms with van der Waals surface area (Å²) in [5.74, 6) is 0. The summed E-state index contributed by atoms with van der Waals surface area (Å²) in [6.45, 7) is 4.03. The summed E-state index contributed by atoms with van der Waals surface area (Å²) in [6.07, 6.45) is 7.71. The van der Waals surface area contributed by atoms with E-state index in [9.17, 15) is 0 Å². The van der Waals surface area contributed by atoms with Crippen molar-refractivity contribution < 1.29 is 0 Å². The molecule has 2 aromatic heterocycles. The molecule has 0 aliphatic rings. The highest BCUT2D eigenvalue weighted by Gasteiger charge is 2.03. The van der Waals surface area contributed by atoms with Gasteiger partial charge in [-0.15, -0.1) is 0 Å². The third-order valence-electron chi connectivity index (χ3n) is 2.73. The number of hydrogen-bond donors (Lipinski definition) is 1. The van der Waals surface area contributed by atoms with Crippen LogP contribution in [0.2, 0.25) is 0 Å². The minimum atomic E-state index is 0.434. The Labute approximate surface area is 95.9 Å². The molecule has 1 atom stereocenters. The molecule has 0 unspecified atom stereocenters. The number of nitrogens with zero attached hydrogens (tertiary/aromatic N) is 3. The third kappa shape index (κ3) is 2.73. The number of nitrogens with one attached hydrogen (secondary N) is 1. The van der Waals surface area contributed by atoms with E-state index in [0.29, 0.717) is 6.04 Å². The van der Waals surface area contributed by atoms with Gasteiger partial charge in [-0.3, -0.25) is 0 Å². The Morgan fingerprint density at radius 1 is 1.44 bits per heavy atom. The lowest BCUT2D eigenvalue weighted by Crippen LogP contribution is -2.30. The first kappa shape index (κ1) is 11.0. The number of hydrogen-bond acceptors (Lipinski definition) is 2. The van der Waals surface area contributed by atoms with Crippen LogP contribution in [-0.2, 0) is 20.1 Å². The Kier molecular flexibility index (Phi) is 3.41. The molecule has 2 heterocycles. The Morgan fingerprint density at radius 3 is 2.94 bits per heavy atom. The van der Waals surface area contributed by atoms with Crippen molar-refractivity contribution in [2.75, 3.05) is 0 Å². The van der Waals surface area contributed by atoms with Gasteiger partial charge < -0.3 is 14.5 Å². The Hall–Kier alpha value is -1.55. The van der Waals surface area contributed by atoms with Gasteiger partial charge in [0.15, 0.2) is 0 Å². The monoisotopic (exact) mass is 218 g/mol. The zero-order valence-electron chi connectivity index (χ0n) is 9.80. The lowest BCUT2D eigenvalue weighted by atomic mass is 10.3. The van der Waals surface area contributed by atoms with E-state index in [4.69, 9.17) is 0 Å². The average molecular weight is 218 g/mol. The Morgan fingerprint density at radius 2 is 2.31 bits per heavy atom. The minimum Gasteiger partial charge on any atom is -0.353 e. The van der Waals surface area contributed by atoms with Gasteiger partial charge in [0.05, 0.1) is 6.33 Å². The second kappa shape index (κ2) is 4.99. The van der Waals surface area contributed by atoms with Crippen LogP contribution in [0.25, 0.3) is 0 Å². The molecule has 2 rings (SSSR count). The Bertz CT molecular complexity index is 416. The average Bonchev–Trinajstić information content (AvgIpc) is 2.87. The predicted molar refractivity (Wildman–Crippen MR) is 63.9 cm³/mol. The predicted octanol–water partition coefficient (Wildman–Crippen LogP) is 1.40.